The highest BCUT2D eigenvalue weighted by Gasteiger charge is 2.35. The fourth-order valence-corrected chi connectivity index (χ4v) is 6.14. The van der Waals surface area contributed by atoms with Gasteiger partial charge in [0.1, 0.15) is 6.61 Å². The number of piperidine rings is 2. The minimum Gasteiger partial charge on any atom is -0.389 e. The highest BCUT2D eigenvalue weighted by Crippen LogP contribution is 2.27. The van der Waals surface area contributed by atoms with E-state index in [0.29, 0.717) is 45.3 Å². The number of rotatable bonds is 7. The van der Waals surface area contributed by atoms with Crippen LogP contribution >= 0.6 is 0 Å². The number of ether oxygens (including phenoxy) is 1. The zero-order valence-electron chi connectivity index (χ0n) is 18.8. The van der Waals surface area contributed by atoms with Gasteiger partial charge in [-0.05, 0) is 43.4 Å². The number of hydrogen-bond donors (Lipinski definition) is 1. The van der Waals surface area contributed by atoms with Crippen LogP contribution in [0.25, 0.3) is 0 Å². The van der Waals surface area contributed by atoms with Crippen molar-refractivity contribution in [3.63, 3.8) is 0 Å². The second-order valence-corrected chi connectivity index (χ2v) is 11.0. The van der Waals surface area contributed by atoms with E-state index in [4.69, 9.17) is 4.74 Å². The van der Waals surface area contributed by atoms with E-state index in [1.807, 2.05) is 30.3 Å². The van der Waals surface area contributed by atoms with Gasteiger partial charge in [0.05, 0.1) is 16.6 Å². The molecule has 1 N–H and O–H groups in total. The summed E-state index contributed by atoms with van der Waals surface area (Å²) in [4.78, 5) is 14.7. The predicted molar refractivity (Wildman–Crippen MR) is 125 cm³/mol. The first-order chi connectivity index (χ1) is 15.9. The Labute approximate surface area is 196 Å². The standard InChI is InChI=1S/C25H32N2O5S/c28-24(26-16-13-25(29,14-17-26)18-21-8-3-1-4-9-21)20-32-22-10-7-15-27(19-22)33(30,31)23-11-5-2-6-12-23/h1-6,8-9,11-12,22,29H,7,10,13-20H2. The van der Waals surface area contributed by atoms with Gasteiger partial charge in [-0.3, -0.25) is 4.79 Å². The second kappa shape index (κ2) is 10.3. The van der Waals surface area contributed by atoms with Gasteiger partial charge in [0.15, 0.2) is 0 Å². The first-order valence-corrected chi connectivity index (χ1v) is 13.0. The molecule has 178 valence electrons. The Hall–Kier alpha value is -2.26. The third-order valence-electron chi connectivity index (χ3n) is 6.59. The van der Waals surface area contributed by atoms with Crippen molar-refractivity contribution in [2.24, 2.45) is 0 Å². The summed E-state index contributed by atoms with van der Waals surface area (Å²) in [6.45, 7) is 1.62. The van der Waals surface area contributed by atoms with E-state index in [-0.39, 0.29) is 30.1 Å². The molecule has 0 radical (unpaired) electrons. The Morgan fingerprint density at radius 1 is 1.00 bits per heavy atom. The lowest BCUT2D eigenvalue weighted by atomic mass is 9.85. The lowest BCUT2D eigenvalue weighted by Crippen LogP contribution is -2.49. The summed E-state index contributed by atoms with van der Waals surface area (Å²) in [6.07, 6.45) is 2.76. The van der Waals surface area contributed by atoms with Crippen molar-refractivity contribution in [2.45, 2.75) is 48.7 Å². The van der Waals surface area contributed by atoms with Crippen molar-refractivity contribution in [3.05, 3.63) is 66.2 Å². The molecule has 1 atom stereocenters. The number of benzene rings is 2. The molecular formula is C25H32N2O5S. The highest BCUT2D eigenvalue weighted by molar-refractivity contribution is 7.89. The van der Waals surface area contributed by atoms with Crippen LogP contribution in [0, 0.1) is 0 Å². The van der Waals surface area contributed by atoms with E-state index >= 15 is 0 Å². The number of amides is 1. The molecule has 0 aromatic heterocycles. The van der Waals surface area contributed by atoms with Crippen molar-refractivity contribution in [3.8, 4) is 0 Å². The van der Waals surface area contributed by atoms with Crippen LogP contribution < -0.4 is 0 Å². The van der Waals surface area contributed by atoms with Crippen LogP contribution in [-0.4, -0.2) is 73.1 Å². The Balaban J connectivity index is 1.25. The van der Waals surface area contributed by atoms with E-state index in [1.165, 1.54) is 4.31 Å². The van der Waals surface area contributed by atoms with Gasteiger partial charge in [-0.15, -0.1) is 0 Å². The number of carbonyl (C=O) groups excluding carboxylic acids is 1. The van der Waals surface area contributed by atoms with E-state index < -0.39 is 15.6 Å². The van der Waals surface area contributed by atoms with Gasteiger partial charge >= 0.3 is 0 Å². The number of sulfonamides is 1. The normalized spacial score (nSPS) is 21.6. The largest absolute Gasteiger partial charge is 0.389 e. The number of aliphatic hydroxyl groups is 1. The molecule has 0 bridgehead atoms. The van der Waals surface area contributed by atoms with Gasteiger partial charge in [0.2, 0.25) is 15.9 Å². The number of nitrogens with zero attached hydrogens (tertiary/aromatic N) is 2. The van der Waals surface area contributed by atoms with Crippen LogP contribution in [0.5, 0.6) is 0 Å². The van der Waals surface area contributed by atoms with Crippen LogP contribution in [0.1, 0.15) is 31.2 Å². The van der Waals surface area contributed by atoms with Crippen LogP contribution in [0.2, 0.25) is 0 Å². The maximum atomic E-state index is 12.9. The average Bonchev–Trinajstić information content (AvgIpc) is 2.84. The first-order valence-electron chi connectivity index (χ1n) is 11.6. The molecule has 0 spiro atoms. The molecule has 7 nitrogen and oxygen atoms in total. The van der Waals surface area contributed by atoms with Crippen molar-refractivity contribution in [2.75, 3.05) is 32.8 Å². The Morgan fingerprint density at radius 3 is 2.30 bits per heavy atom. The summed E-state index contributed by atoms with van der Waals surface area (Å²) in [5.41, 5.74) is 0.296. The zero-order valence-corrected chi connectivity index (χ0v) is 19.6. The maximum absolute atomic E-state index is 12.9. The second-order valence-electron chi connectivity index (χ2n) is 9.02. The molecule has 0 saturated carbocycles. The fourth-order valence-electron chi connectivity index (χ4n) is 4.61. The first kappa shape index (κ1) is 23.9. The van der Waals surface area contributed by atoms with Gasteiger partial charge in [-0.25, -0.2) is 8.42 Å². The van der Waals surface area contributed by atoms with Crippen molar-refractivity contribution >= 4 is 15.9 Å². The summed E-state index contributed by atoms with van der Waals surface area (Å²) in [5, 5.41) is 10.9. The molecular weight excluding hydrogens is 440 g/mol. The molecule has 2 fully saturated rings. The molecule has 1 amide bonds. The predicted octanol–water partition coefficient (Wildman–Crippen LogP) is 2.45. The smallest absolute Gasteiger partial charge is 0.248 e. The van der Waals surface area contributed by atoms with Gasteiger partial charge in [-0.2, -0.15) is 4.31 Å². The molecule has 8 heteroatoms. The molecule has 2 aliphatic heterocycles. The molecule has 33 heavy (non-hydrogen) atoms. The molecule has 2 aliphatic rings. The molecule has 2 saturated heterocycles. The molecule has 4 rings (SSSR count). The van der Waals surface area contributed by atoms with E-state index in [2.05, 4.69) is 0 Å². The van der Waals surface area contributed by atoms with E-state index in [1.54, 1.807) is 35.2 Å². The number of likely N-dealkylation sites (tertiary alicyclic amines) is 1. The molecule has 2 aromatic rings. The third-order valence-corrected chi connectivity index (χ3v) is 8.47. The SMILES string of the molecule is O=C(COC1CCCN(S(=O)(=O)c2ccccc2)C1)N1CCC(O)(Cc2ccccc2)CC1. The summed E-state index contributed by atoms with van der Waals surface area (Å²) >= 11 is 0. The fraction of sp³-hybridized carbons (Fsp3) is 0.480. The van der Waals surface area contributed by atoms with Gasteiger partial charge in [0, 0.05) is 32.6 Å². The van der Waals surface area contributed by atoms with Gasteiger partial charge in [0.25, 0.3) is 0 Å². The van der Waals surface area contributed by atoms with Crippen molar-refractivity contribution in [1.82, 2.24) is 9.21 Å². The zero-order chi connectivity index (χ0) is 23.3. The quantitative estimate of drug-likeness (QED) is 0.669. The summed E-state index contributed by atoms with van der Waals surface area (Å²) < 4.78 is 33.1. The average molecular weight is 473 g/mol. The van der Waals surface area contributed by atoms with Crippen LogP contribution in [0.3, 0.4) is 0 Å². The van der Waals surface area contributed by atoms with Crippen LogP contribution in [0.15, 0.2) is 65.6 Å². The summed E-state index contributed by atoms with van der Waals surface area (Å²) in [5.74, 6) is -0.111. The monoisotopic (exact) mass is 472 g/mol. The minimum atomic E-state index is -3.56. The van der Waals surface area contributed by atoms with Gasteiger partial charge < -0.3 is 14.7 Å². The van der Waals surface area contributed by atoms with Gasteiger partial charge in [-0.1, -0.05) is 48.5 Å². The summed E-state index contributed by atoms with van der Waals surface area (Å²) in [6, 6.07) is 18.3. The number of hydrogen-bond acceptors (Lipinski definition) is 5. The lowest BCUT2D eigenvalue weighted by Gasteiger charge is -2.38. The maximum Gasteiger partial charge on any atom is 0.248 e. The number of carbonyl (C=O) groups is 1. The van der Waals surface area contributed by atoms with Crippen LogP contribution in [-0.2, 0) is 26.0 Å². The Morgan fingerprint density at radius 2 is 1.64 bits per heavy atom. The lowest BCUT2D eigenvalue weighted by molar-refractivity contribution is -0.143. The van der Waals surface area contributed by atoms with Crippen LogP contribution in [0.4, 0.5) is 0 Å². The molecule has 0 aliphatic carbocycles. The molecule has 2 heterocycles. The Kier molecular flexibility index (Phi) is 7.48. The van der Waals surface area contributed by atoms with Crippen molar-refractivity contribution < 1.29 is 23.1 Å². The topological polar surface area (TPSA) is 87.2 Å². The third kappa shape index (κ3) is 6.00. The molecule has 1 unspecified atom stereocenters. The van der Waals surface area contributed by atoms with E-state index in [0.717, 1.165) is 12.0 Å². The Bertz CT molecular complexity index is 1020. The van der Waals surface area contributed by atoms with E-state index in [9.17, 15) is 18.3 Å². The highest BCUT2D eigenvalue weighted by atomic mass is 32.2. The molecule has 2 aromatic carbocycles. The van der Waals surface area contributed by atoms with Crippen molar-refractivity contribution in [1.29, 1.82) is 0 Å². The summed E-state index contributed by atoms with van der Waals surface area (Å²) in [7, 11) is -3.56. The minimum absolute atomic E-state index is 0.0684.